The summed E-state index contributed by atoms with van der Waals surface area (Å²) in [6.07, 6.45) is 1.94. The third kappa shape index (κ3) is 1.27. The van der Waals surface area contributed by atoms with Crippen molar-refractivity contribution in [1.82, 2.24) is 4.98 Å². The molecule has 0 amide bonds. The van der Waals surface area contributed by atoms with Gasteiger partial charge in [0.05, 0.1) is 17.8 Å². The van der Waals surface area contributed by atoms with Gasteiger partial charge < -0.3 is 15.5 Å². The smallest absolute Gasteiger partial charge is 0.0733 e. The van der Waals surface area contributed by atoms with Crippen molar-refractivity contribution in [3.8, 4) is 0 Å². The lowest BCUT2D eigenvalue weighted by atomic mass is 10.1. The maximum atomic E-state index is 5.79. The molecule has 0 spiro atoms. The number of hydrogen-bond acceptors (Lipinski definition) is 2. The zero-order valence-electron chi connectivity index (χ0n) is 7.50. The molecule has 0 aliphatic carbocycles. The number of para-hydroxylation sites is 1. The lowest BCUT2D eigenvalue weighted by Gasteiger charge is -1.97. The molecule has 0 saturated heterocycles. The van der Waals surface area contributed by atoms with Crippen LogP contribution in [0.4, 0.5) is 5.69 Å². The van der Waals surface area contributed by atoms with Crippen LogP contribution in [0, 0.1) is 0 Å². The number of benzene rings is 1. The van der Waals surface area contributed by atoms with Gasteiger partial charge in [-0.15, -0.1) is 0 Å². The molecule has 1 heterocycles. The fraction of sp³-hybridized carbons (Fsp3) is 0.200. The van der Waals surface area contributed by atoms with Crippen molar-refractivity contribution in [2.45, 2.75) is 6.61 Å². The molecule has 0 aliphatic rings. The molecule has 0 aliphatic heterocycles. The fourth-order valence-electron chi connectivity index (χ4n) is 1.51. The number of hydrogen-bond donors (Lipinski definition) is 2. The van der Waals surface area contributed by atoms with Gasteiger partial charge in [-0.1, -0.05) is 12.1 Å². The van der Waals surface area contributed by atoms with Crippen molar-refractivity contribution in [2.24, 2.45) is 0 Å². The average molecular weight is 176 g/mol. The first-order valence-electron chi connectivity index (χ1n) is 4.16. The standard InChI is InChI=1S/C10H12N2O/c1-13-6-7-5-12-10-8(7)3-2-4-9(10)11/h2-5,12H,6,11H2,1H3. The Morgan fingerprint density at radius 3 is 3.08 bits per heavy atom. The first-order valence-corrected chi connectivity index (χ1v) is 4.16. The molecule has 0 unspecified atom stereocenters. The summed E-state index contributed by atoms with van der Waals surface area (Å²) in [6, 6.07) is 5.87. The van der Waals surface area contributed by atoms with Crippen molar-refractivity contribution < 1.29 is 4.74 Å². The van der Waals surface area contributed by atoms with E-state index < -0.39 is 0 Å². The number of anilines is 1. The summed E-state index contributed by atoms with van der Waals surface area (Å²) in [7, 11) is 1.69. The zero-order valence-corrected chi connectivity index (χ0v) is 7.50. The van der Waals surface area contributed by atoms with Crippen LogP contribution in [0.25, 0.3) is 10.9 Å². The number of fused-ring (bicyclic) bond motifs is 1. The van der Waals surface area contributed by atoms with Gasteiger partial charge in [-0.2, -0.15) is 0 Å². The number of methoxy groups -OCH3 is 1. The van der Waals surface area contributed by atoms with E-state index in [1.54, 1.807) is 7.11 Å². The second-order valence-corrected chi connectivity index (χ2v) is 3.02. The highest BCUT2D eigenvalue weighted by molar-refractivity contribution is 5.92. The van der Waals surface area contributed by atoms with Gasteiger partial charge in [0.15, 0.2) is 0 Å². The molecule has 0 fully saturated rings. The Balaban J connectivity index is 2.61. The summed E-state index contributed by atoms with van der Waals surface area (Å²) in [4.78, 5) is 3.14. The minimum absolute atomic E-state index is 0.615. The number of aromatic nitrogens is 1. The van der Waals surface area contributed by atoms with Gasteiger partial charge >= 0.3 is 0 Å². The Kier molecular flexibility index (Phi) is 1.94. The van der Waals surface area contributed by atoms with Crippen LogP contribution in [0.1, 0.15) is 5.56 Å². The van der Waals surface area contributed by atoms with E-state index in [4.69, 9.17) is 10.5 Å². The number of rotatable bonds is 2. The normalized spacial score (nSPS) is 10.8. The van der Waals surface area contributed by atoms with Gasteiger partial charge in [-0.3, -0.25) is 0 Å². The summed E-state index contributed by atoms with van der Waals surface area (Å²) < 4.78 is 5.07. The van der Waals surface area contributed by atoms with Crippen LogP contribution in [0.5, 0.6) is 0 Å². The molecule has 2 rings (SSSR count). The molecule has 0 radical (unpaired) electrons. The molecule has 13 heavy (non-hydrogen) atoms. The van der Waals surface area contributed by atoms with E-state index in [-0.39, 0.29) is 0 Å². The number of H-pyrrole nitrogens is 1. The van der Waals surface area contributed by atoms with Gasteiger partial charge in [0.1, 0.15) is 0 Å². The van der Waals surface area contributed by atoms with E-state index in [9.17, 15) is 0 Å². The quantitative estimate of drug-likeness (QED) is 0.686. The molecule has 1 aromatic carbocycles. The second-order valence-electron chi connectivity index (χ2n) is 3.02. The molecule has 2 aromatic rings. The minimum atomic E-state index is 0.615. The molecular weight excluding hydrogens is 164 g/mol. The minimum Gasteiger partial charge on any atom is -0.397 e. The molecule has 0 atom stereocenters. The topological polar surface area (TPSA) is 51.0 Å². The summed E-state index contributed by atoms with van der Waals surface area (Å²) in [5, 5.41) is 1.14. The first kappa shape index (κ1) is 8.13. The number of ether oxygens (including phenoxy) is 1. The maximum Gasteiger partial charge on any atom is 0.0733 e. The van der Waals surface area contributed by atoms with Gasteiger partial charge in [0.2, 0.25) is 0 Å². The highest BCUT2D eigenvalue weighted by Crippen LogP contribution is 2.23. The lowest BCUT2D eigenvalue weighted by molar-refractivity contribution is 0.186. The molecule has 1 aromatic heterocycles. The van der Waals surface area contributed by atoms with Crippen molar-refractivity contribution in [3.63, 3.8) is 0 Å². The largest absolute Gasteiger partial charge is 0.397 e. The van der Waals surface area contributed by atoms with Crippen LogP contribution in [0.2, 0.25) is 0 Å². The summed E-state index contributed by atoms with van der Waals surface area (Å²) in [6.45, 7) is 0.615. The van der Waals surface area contributed by atoms with Gasteiger partial charge in [-0.05, 0) is 6.07 Å². The Bertz CT molecular complexity index is 420. The van der Waals surface area contributed by atoms with Crippen molar-refractivity contribution in [1.29, 1.82) is 0 Å². The predicted octanol–water partition coefficient (Wildman–Crippen LogP) is 1.90. The molecule has 0 bridgehead atoms. The number of aromatic amines is 1. The van der Waals surface area contributed by atoms with Crippen LogP contribution in [-0.4, -0.2) is 12.1 Å². The van der Waals surface area contributed by atoms with Crippen molar-refractivity contribution >= 4 is 16.6 Å². The Morgan fingerprint density at radius 2 is 2.31 bits per heavy atom. The molecule has 68 valence electrons. The number of nitrogens with one attached hydrogen (secondary N) is 1. The highest BCUT2D eigenvalue weighted by Gasteiger charge is 2.04. The third-order valence-electron chi connectivity index (χ3n) is 2.13. The first-order chi connectivity index (χ1) is 6.33. The van der Waals surface area contributed by atoms with Crippen LogP contribution < -0.4 is 5.73 Å². The van der Waals surface area contributed by atoms with E-state index in [0.717, 1.165) is 22.2 Å². The van der Waals surface area contributed by atoms with Gasteiger partial charge in [0.25, 0.3) is 0 Å². The lowest BCUT2D eigenvalue weighted by Crippen LogP contribution is -1.87. The van der Waals surface area contributed by atoms with Crippen LogP contribution >= 0.6 is 0 Å². The van der Waals surface area contributed by atoms with E-state index in [2.05, 4.69) is 4.98 Å². The summed E-state index contributed by atoms with van der Waals surface area (Å²) in [5.74, 6) is 0. The van der Waals surface area contributed by atoms with Gasteiger partial charge in [-0.25, -0.2) is 0 Å². The second kappa shape index (κ2) is 3.11. The van der Waals surface area contributed by atoms with E-state index in [1.165, 1.54) is 0 Å². The molecule has 3 nitrogen and oxygen atoms in total. The van der Waals surface area contributed by atoms with E-state index in [0.29, 0.717) is 6.61 Å². The van der Waals surface area contributed by atoms with Crippen LogP contribution in [0.15, 0.2) is 24.4 Å². The van der Waals surface area contributed by atoms with Gasteiger partial charge in [0, 0.05) is 24.3 Å². The number of nitrogens with two attached hydrogens (primary N) is 1. The highest BCUT2D eigenvalue weighted by atomic mass is 16.5. The predicted molar refractivity (Wildman–Crippen MR) is 53.4 cm³/mol. The molecular formula is C10H12N2O. The number of nitrogen functional groups attached to an aromatic ring is 1. The molecule has 0 saturated carbocycles. The van der Waals surface area contributed by atoms with Crippen molar-refractivity contribution in [3.05, 3.63) is 30.0 Å². The molecule has 3 heteroatoms. The summed E-state index contributed by atoms with van der Waals surface area (Å²) >= 11 is 0. The average Bonchev–Trinajstić information content (AvgIpc) is 2.51. The monoisotopic (exact) mass is 176 g/mol. The Morgan fingerprint density at radius 1 is 1.46 bits per heavy atom. The Hall–Kier alpha value is -1.48. The molecule has 3 N–H and O–H groups in total. The Labute approximate surface area is 76.5 Å². The summed E-state index contributed by atoms with van der Waals surface area (Å²) in [5.41, 5.74) is 8.71. The van der Waals surface area contributed by atoms with Crippen molar-refractivity contribution in [2.75, 3.05) is 12.8 Å². The van der Waals surface area contributed by atoms with Crippen LogP contribution in [-0.2, 0) is 11.3 Å². The van der Waals surface area contributed by atoms with Crippen LogP contribution in [0.3, 0.4) is 0 Å². The van der Waals surface area contributed by atoms with E-state index in [1.807, 2.05) is 24.4 Å². The third-order valence-corrected chi connectivity index (χ3v) is 2.13. The maximum absolute atomic E-state index is 5.79. The fourth-order valence-corrected chi connectivity index (χ4v) is 1.51. The van der Waals surface area contributed by atoms with E-state index >= 15 is 0 Å². The zero-order chi connectivity index (χ0) is 9.26. The SMILES string of the molecule is COCc1c[nH]c2c(N)cccc12.